The zero-order chi connectivity index (χ0) is 24.7. The Morgan fingerprint density at radius 3 is 2.57 bits per heavy atom. The molecule has 0 saturated carbocycles. The first-order valence-electron chi connectivity index (χ1n) is 10.3. The highest BCUT2D eigenvalue weighted by molar-refractivity contribution is 9.10. The maximum Gasteiger partial charge on any atom is 0.231 e. The predicted molar refractivity (Wildman–Crippen MR) is 133 cm³/mol. The third-order valence-corrected chi connectivity index (χ3v) is 6.99. The average molecular weight is 576 g/mol. The van der Waals surface area contributed by atoms with Crippen molar-refractivity contribution in [2.75, 3.05) is 13.9 Å². The molecule has 0 fully saturated rings. The van der Waals surface area contributed by atoms with Gasteiger partial charge in [0, 0.05) is 11.6 Å². The Labute approximate surface area is 219 Å². The van der Waals surface area contributed by atoms with Gasteiger partial charge in [-0.25, -0.2) is 0 Å². The molecule has 2 aliphatic rings. The normalized spacial score (nSPS) is 15.8. The molecule has 0 bridgehead atoms. The molecule has 178 valence electrons. The third kappa shape index (κ3) is 4.31. The predicted octanol–water partition coefficient (Wildman–Crippen LogP) is 6.29. The largest absolute Gasteiger partial charge is 0.493 e. The lowest BCUT2D eigenvalue weighted by molar-refractivity contribution is 0.174. The van der Waals surface area contributed by atoms with Gasteiger partial charge in [0.1, 0.15) is 24.0 Å². The van der Waals surface area contributed by atoms with Gasteiger partial charge >= 0.3 is 0 Å². The van der Waals surface area contributed by atoms with Crippen LogP contribution in [-0.2, 0) is 6.61 Å². The minimum Gasteiger partial charge on any atom is -0.493 e. The summed E-state index contributed by atoms with van der Waals surface area (Å²) in [5, 5.41) is 10.8. The van der Waals surface area contributed by atoms with Crippen molar-refractivity contribution in [2.45, 2.75) is 12.5 Å². The maximum atomic E-state index is 9.90. The Morgan fingerprint density at radius 1 is 1.09 bits per heavy atom. The minimum absolute atomic E-state index is 0.0268. The van der Waals surface area contributed by atoms with E-state index in [0.29, 0.717) is 43.3 Å². The molecule has 3 aromatic rings. The molecule has 0 amide bonds. The lowest BCUT2D eigenvalue weighted by atomic mass is 9.83. The van der Waals surface area contributed by atoms with E-state index >= 15 is 0 Å². The molecule has 2 aliphatic heterocycles. The number of allylic oxidation sites excluding steroid dienone is 1. The van der Waals surface area contributed by atoms with Crippen LogP contribution >= 0.6 is 39.1 Å². The van der Waals surface area contributed by atoms with E-state index in [2.05, 4.69) is 22.0 Å². The van der Waals surface area contributed by atoms with Crippen LogP contribution in [0.2, 0.25) is 10.0 Å². The summed E-state index contributed by atoms with van der Waals surface area (Å²) in [7, 11) is 1.54. The molecule has 2 heterocycles. The standard InChI is InChI=1S/C25H17BrCl2N2O5/c1-31-22-6-13(5-16(26)24(22)32-10-12-2-3-17(27)18(28)4-12)23-14-7-20-21(34-11-33-20)8-19(14)35-25(30)15(23)9-29/h2-8,23H,10-11,30H2,1H3/t23-/m1/s1. The molecule has 0 radical (unpaired) electrons. The number of hydrogen-bond donors (Lipinski definition) is 1. The number of ether oxygens (including phenoxy) is 5. The molecule has 2 N–H and O–H groups in total. The highest BCUT2D eigenvalue weighted by Crippen LogP contribution is 2.50. The SMILES string of the molecule is COc1cc([C@H]2C(C#N)=C(N)Oc3cc4c(cc32)OCO4)cc(Br)c1OCc1ccc(Cl)c(Cl)c1. The topological polar surface area (TPSA) is 96.0 Å². The van der Waals surface area contributed by atoms with Gasteiger partial charge in [-0.05, 0) is 57.4 Å². The van der Waals surface area contributed by atoms with E-state index in [0.717, 1.165) is 16.7 Å². The van der Waals surface area contributed by atoms with Crippen LogP contribution in [0.3, 0.4) is 0 Å². The van der Waals surface area contributed by atoms with Crippen molar-refractivity contribution in [3.8, 4) is 34.8 Å². The number of halogens is 3. The van der Waals surface area contributed by atoms with Crippen molar-refractivity contribution in [3.63, 3.8) is 0 Å². The third-order valence-electron chi connectivity index (χ3n) is 5.66. The fourth-order valence-corrected chi connectivity index (χ4v) is 4.92. The number of benzene rings is 3. The van der Waals surface area contributed by atoms with E-state index in [1.54, 1.807) is 31.4 Å². The van der Waals surface area contributed by atoms with Crippen LogP contribution in [0.25, 0.3) is 0 Å². The van der Waals surface area contributed by atoms with Gasteiger partial charge in [-0.1, -0.05) is 29.3 Å². The Balaban J connectivity index is 1.54. The second-order valence-electron chi connectivity index (χ2n) is 7.74. The summed E-state index contributed by atoms with van der Waals surface area (Å²) in [6.45, 7) is 0.353. The summed E-state index contributed by atoms with van der Waals surface area (Å²) in [5.74, 6) is 2.09. The van der Waals surface area contributed by atoms with Crippen LogP contribution in [0.15, 0.2) is 58.4 Å². The van der Waals surface area contributed by atoms with Crippen molar-refractivity contribution < 1.29 is 23.7 Å². The maximum absolute atomic E-state index is 9.90. The fraction of sp³-hybridized carbons (Fsp3) is 0.160. The van der Waals surface area contributed by atoms with Gasteiger partial charge in [-0.3, -0.25) is 0 Å². The molecular weight excluding hydrogens is 559 g/mol. The van der Waals surface area contributed by atoms with Gasteiger partial charge < -0.3 is 29.4 Å². The zero-order valence-electron chi connectivity index (χ0n) is 18.2. The highest BCUT2D eigenvalue weighted by atomic mass is 79.9. The summed E-state index contributed by atoms with van der Waals surface area (Å²) in [4.78, 5) is 0. The van der Waals surface area contributed by atoms with Gasteiger partial charge in [-0.15, -0.1) is 0 Å². The first-order valence-corrected chi connectivity index (χ1v) is 11.9. The van der Waals surface area contributed by atoms with Crippen molar-refractivity contribution >= 4 is 39.1 Å². The fourth-order valence-electron chi connectivity index (χ4n) is 4.02. The van der Waals surface area contributed by atoms with Crippen LogP contribution in [0.5, 0.6) is 28.7 Å². The van der Waals surface area contributed by atoms with Crippen LogP contribution in [-0.4, -0.2) is 13.9 Å². The molecule has 0 spiro atoms. The van der Waals surface area contributed by atoms with Gasteiger partial charge in [0.05, 0.1) is 27.5 Å². The number of methoxy groups -OCH3 is 1. The Morgan fingerprint density at radius 2 is 1.86 bits per heavy atom. The van der Waals surface area contributed by atoms with Crippen molar-refractivity contribution in [1.29, 1.82) is 5.26 Å². The highest BCUT2D eigenvalue weighted by Gasteiger charge is 2.34. The molecule has 35 heavy (non-hydrogen) atoms. The van der Waals surface area contributed by atoms with Gasteiger partial charge in [0.25, 0.3) is 0 Å². The van der Waals surface area contributed by atoms with Crippen LogP contribution in [0, 0.1) is 11.3 Å². The van der Waals surface area contributed by atoms with Crippen molar-refractivity contribution in [1.82, 2.24) is 0 Å². The number of fused-ring (bicyclic) bond motifs is 2. The molecule has 1 atom stereocenters. The quantitative estimate of drug-likeness (QED) is 0.382. The van der Waals surface area contributed by atoms with E-state index in [1.165, 1.54) is 0 Å². The van der Waals surface area contributed by atoms with Crippen molar-refractivity contribution in [2.24, 2.45) is 5.73 Å². The molecule has 0 aromatic heterocycles. The van der Waals surface area contributed by atoms with Crippen LogP contribution < -0.4 is 29.4 Å². The lowest BCUT2D eigenvalue weighted by Crippen LogP contribution is -2.21. The Hall–Kier alpha value is -3.25. The van der Waals surface area contributed by atoms with Gasteiger partial charge in [0.15, 0.2) is 23.0 Å². The summed E-state index contributed by atoms with van der Waals surface area (Å²) in [5.41, 5.74) is 8.71. The lowest BCUT2D eigenvalue weighted by Gasteiger charge is -2.27. The van der Waals surface area contributed by atoms with Crippen LogP contribution in [0.1, 0.15) is 22.6 Å². The average Bonchev–Trinajstić information content (AvgIpc) is 3.30. The van der Waals surface area contributed by atoms with E-state index in [4.69, 9.17) is 52.6 Å². The number of rotatable bonds is 5. The second kappa shape index (κ2) is 9.42. The van der Waals surface area contributed by atoms with Crippen molar-refractivity contribution in [3.05, 3.63) is 85.1 Å². The summed E-state index contributed by atoms with van der Waals surface area (Å²) >= 11 is 15.7. The zero-order valence-corrected chi connectivity index (χ0v) is 21.3. The summed E-state index contributed by atoms with van der Waals surface area (Å²) in [6.07, 6.45) is 0. The molecule has 3 aromatic carbocycles. The first kappa shape index (κ1) is 23.5. The van der Waals surface area contributed by atoms with E-state index in [9.17, 15) is 5.26 Å². The molecule has 5 rings (SSSR count). The number of nitrogens with zero attached hydrogens (tertiary/aromatic N) is 1. The molecule has 0 aliphatic carbocycles. The summed E-state index contributed by atoms with van der Waals surface area (Å²) < 4.78 is 29.1. The first-order chi connectivity index (χ1) is 16.9. The minimum atomic E-state index is -0.521. The number of nitrogens with two attached hydrogens (primary N) is 1. The Bertz CT molecular complexity index is 1420. The second-order valence-corrected chi connectivity index (χ2v) is 9.41. The summed E-state index contributed by atoms with van der Waals surface area (Å²) in [6, 6.07) is 14.7. The number of hydrogen-bond acceptors (Lipinski definition) is 7. The Kier molecular flexibility index (Phi) is 6.32. The molecule has 0 unspecified atom stereocenters. The monoisotopic (exact) mass is 574 g/mol. The molecule has 7 nitrogen and oxygen atoms in total. The van der Waals surface area contributed by atoms with Crippen LogP contribution in [0.4, 0.5) is 0 Å². The molecule has 10 heteroatoms. The number of nitriles is 1. The molecular formula is C25H17BrCl2N2O5. The van der Waals surface area contributed by atoms with E-state index in [1.807, 2.05) is 18.2 Å². The van der Waals surface area contributed by atoms with Gasteiger partial charge in [-0.2, -0.15) is 5.26 Å². The van der Waals surface area contributed by atoms with E-state index < -0.39 is 5.92 Å². The van der Waals surface area contributed by atoms with Gasteiger partial charge in [0.2, 0.25) is 12.7 Å². The van der Waals surface area contributed by atoms with E-state index in [-0.39, 0.29) is 24.9 Å². The smallest absolute Gasteiger partial charge is 0.231 e. The molecule has 0 saturated heterocycles.